The highest BCUT2D eigenvalue weighted by Crippen LogP contribution is 2.47. The van der Waals surface area contributed by atoms with E-state index in [1.807, 2.05) is 36.1 Å². The van der Waals surface area contributed by atoms with Crippen LogP contribution in [0.15, 0.2) is 36.7 Å². The topological polar surface area (TPSA) is 39.4 Å². The Morgan fingerprint density at radius 3 is 1.51 bits per heavy atom. The molecule has 4 unspecified atom stereocenters. The Morgan fingerprint density at radius 1 is 0.571 bits per heavy atom. The summed E-state index contributed by atoms with van der Waals surface area (Å²) in [7, 11) is -1.36. The number of hydrogen-bond acceptors (Lipinski definition) is 3. The highest BCUT2D eigenvalue weighted by atomic mass is 31.2. The van der Waals surface area contributed by atoms with E-state index in [1.165, 1.54) is 135 Å². The third-order valence-electron chi connectivity index (χ3n) is 10.3. The van der Waals surface area contributed by atoms with Crippen LogP contribution in [0.1, 0.15) is 196 Å². The lowest BCUT2D eigenvalue weighted by molar-refractivity contribution is -0.671. The molecule has 0 radical (unpaired) electrons. The third kappa shape index (κ3) is 26.5. The molecule has 0 aliphatic rings. The van der Waals surface area contributed by atoms with Gasteiger partial charge in [-0.15, -0.1) is 0 Å². The zero-order chi connectivity index (χ0) is 36.0. The molecule has 49 heavy (non-hydrogen) atoms. The van der Waals surface area contributed by atoms with Crippen molar-refractivity contribution in [1.29, 1.82) is 0 Å². The van der Waals surface area contributed by atoms with Crippen molar-refractivity contribution in [2.45, 2.75) is 196 Å². The van der Waals surface area contributed by atoms with Gasteiger partial charge in [-0.05, 0) is 62.2 Å². The van der Waals surface area contributed by atoms with Crippen molar-refractivity contribution >= 4 is 12.9 Å². The van der Waals surface area contributed by atoms with Crippen LogP contribution in [0, 0.1) is 23.7 Å². The van der Waals surface area contributed by atoms with Crippen LogP contribution in [0.4, 0.5) is 0 Å². The average Bonchev–Trinajstić information content (AvgIpc) is 3.06. The number of aromatic nitrogens is 1. The second kappa shape index (κ2) is 30.6. The molecule has 4 atom stereocenters. The minimum absolute atomic E-state index is 0.483. The molecule has 0 amide bonds. The molecule has 0 aromatic carbocycles. The van der Waals surface area contributed by atoms with E-state index in [0.29, 0.717) is 24.4 Å². The third-order valence-corrected chi connectivity index (χ3v) is 12.3. The minimum Gasteiger partial charge on any atom is -0.305 e. The summed E-state index contributed by atoms with van der Waals surface area (Å²) in [4.78, 5) is 0. The lowest BCUT2D eigenvalue weighted by Gasteiger charge is -2.20. The van der Waals surface area contributed by atoms with E-state index >= 15 is 0 Å². The van der Waals surface area contributed by atoms with Crippen LogP contribution in [0.5, 0.6) is 0 Å². The number of rotatable bonds is 34. The van der Waals surface area contributed by atoms with E-state index in [0.717, 1.165) is 37.0 Å². The Hall–Kier alpha value is -0.960. The van der Waals surface area contributed by atoms with Gasteiger partial charge in [0.2, 0.25) is 0 Å². The number of nitrogens with zero attached hydrogens (tertiary/aromatic N) is 1. The zero-order valence-electron chi connectivity index (χ0n) is 33.8. The summed E-state index contributed by atoms with van der Waals surface area (Å²) in [5.74, 6) is 3.08. The van der Waals surface area contributed by atoms with E-state index < -0.39 is 7.60 Å². The van der Waals surface area contributed by atoms with Gasteiger partial charge in [-0.25, -0.2) is 4.57 Å². The first-order chi connectivity index (χ1) is 23.7. The highest BCUT2D eigenvalue weighted by Gasteiger charge is 2.28. The lowest BCUT2D eigenvalue weighted by Crippen LogP contribution is -2.28. The van der Waals surface area contributed by atoms with Crippen molar-refractivity contribution in [1.82, 2.24) is 0 Å². The van der Waals surface area contributed by atoms with Gasteiger partial charge in [0.15, 0.2) is 12.4 Å². The van der Waals surface area contributed by atoms with E-state index in [9.17, 15) is 4.57 Å². The average molecular weight is 705 g/mol. The van der Waals surface area contributed by atoms with Crippen molar-refractivity contribution in [3.63, 3.8) is 0 Å². The number of unbranched alkanes of at least 4 members (excludes halogenated alkanes) is 12. The molecule has 0 spiro atoms. The Balaban J connectivity index is 2.23. The molecule has 0 aliphatic heterocycles. The minimum atomic E-state index is -3.33. The highest BCUT2D eigenvalue weighted by molar-refractivity contribution is 7.62. The van der Waals surface area contributed by atoms with Crippen LogP contribution in [0.2, 0.25) is 0 Å². The monoisotopic (exact) mass is 705 g/mol. The van der Waals surface area contributed by atoms with Gasteiger partial charge in [-0.3, -0.25) is 4.57 Å². The van der Waals surface area contributed by atoms with Crippen molar-refractivity contribution < 1.29 is 18.2 Å². The Kier molecular flexibility index (Phi) is 28.8. The molecule has 0 saturated heterocycles. The van der Waals surface area contributed by atoms with Crippen molar-refractivity contribution in [2.75, 3.05) is 13.2 Å². The Morgan fingerprint density at radius 2 is 1.00 bits per heavy atom. The molecule has 0 bridgehead atoms. The fourth-order valence-corrected chi connectivity index (χ4v) is 8.29. The fraction of sp³-hybridized carbons (Fsp3) is 0.841. The van der Waals surface area contributed by atoms with Crippen molar-refractivity contribution in [3.8, 4) is 0 Å². The zero-order valence-corrected chi connectivity index (χ0v) is 34.7. The molecule has 1 heterocycles. The summed E-state index contributed by atoms with van der Waals surface area (Å²) in [5.41, 5.74) is 0. The van der Waals surface area contributed by atoms with Crippen molar-refractivity contribution in [3.05, 3.63) is 36.7 Å². The van der Waals surface area contributed by atoms with Crippen LogP contribution >= 0.6 is 7.60 Å². The van der Waals surface area contributed by atoms with Crippen LogP contribution in [0.3, 0.4) is 0 Å². The van der Waals surface area contributed by atoms with Crippen LogP contribution < -0.4 is 9.87 Å². The predicted molar refractivity (Wildman–Crippen MR) is 215 cm³/mol. The Bertz CT molecular complexity index is 946. The van der Waals surface area contributed by atoms with Crippen LogP contribution in [-0.4, -0.2) is 13.2 Å². The maximum absolute atomic E-state index is 13.9. The first-order valence-corrected chi connectivity index (χ1v) is 22.7. The number of aryl methyl sites for hydroxylation is 1. The molecule has 1 aromatic rings. The molecule has 1 rings (SSSR count). The van der Waals surface area contributed by atoms with Gasteiger partial charge >= 0.3 is 7.60 Å². The summed E-state index contributed by atoms with van der Waals surface area (Å²) >= 11 is 0. The largest absolute Gasteiger partial charge is 0.361 e. The standard InChI is InChI=1S/C44H83NO3P/c1-8-9-10-11-12-13-14-15-16-17-18-19-20-21-22-23-38-47-49(46,44-33-36-45(7)37-34-44)48-39-35-43(6)32-26-31-42(5)30-25-29-41(4)28-24-27-40(2)3/h15-16,33-34,36-37,40-43H,8-14,17-32,35,38-39H2,1-7H3/q+1/b16-15-. The molecule has 5 heteroatoms. The van der Waals surface area contributed by atoms with Crippen LogP contribution in [-0.2, 0) is 20.7 Å². The van der Waals surface area contributed by atoms with Crippen molar-refractivity contribution in [2.24, 2.45) is 30.7 Å². The van der Waals surface area contributed by atoms with Gasteiger partial charge < -0.3 is 9.05 Å². The summed E-state index contributed by atoms with van der Waals surface area (Å²) in [5, 5.41) is 0.672. The van der Waals surface area contributed by atoms with Gasteiger partial charge in [0.05, 0.1) is 18.5 Å². The Labute approximate surface area is 306 Å². The summed E-state index contributed by atoms with van der Waals surface area (Å²) in [6, 6.07) is 3.78. The number of hydrogen-bond donors (Lipinski definition) is 0. The smallest absolute Gasteiger partial charge is 0.305 e. The van der Waals surface area contributed by atoms with Gasteiger partial charge in [-0.2, -0.15) is 0 Å². The molecule has 0 N–H and O–H groups in total. The predicted octanol–water partition coefficient (Wildman–Crippen LogP) is 13.9. The van der Waals surface area contributed by atoms with Gasteiger partial charge in [0.1, 0.15) is 7.05 Å². The quantitative estimate of drug-likeness (QED) is 0.0310. The van der Waals surface area contributed by atoms with Gasteiger partial charge in [0.25, 0.3) is 0 Å². The molecule has 1 aromatic heterocycles. The second-order valence-corrected chi connectivity index (χ2v) is 18.1. The molecular formula is C44H83NO3P+. The van der Waals surface area contributed by atoms with Gasteiger partial charge in [-0.1, -0.05) is 169 Å². The SMILES string of the molecule is CCCCCCCC/C=C\CCCCCCCCOP(=O)(OCCC(C)CCCC(C)CCCC(C)CCCC(C)C)c1cc[n+](C)cc1. The maximum Gasteiger partial charge on any atom is 0.361 e. The normalized spacial score (nSPS) is 15.2. The summed E-state index contributed by atoms with van der Waals surface area (Å²) in [6.45, 7) is 15.1. The summed E-state index contributed by atoms with van der Waals surface area (Å²) < 4.78 is 28.1. The molecule has 286 valence electrons. The van der Waals surface area contributed by atoms with E-state index in [-0.39, 0.29) is 0 Å². The molecule has 0 saturated carbocycles. The van der Waals surface area contributed by atoms with E-state index in [1.54, 1.807) is 0 Å². The number of pyridine rings is 1. The van der Waals surface area contributed by atoms with E-state index in [2.05, 4.69) is 53.7 Å². The molecular weight excluding hydrogens is 621 g/mol. The first kappa shape index (κ1) is 46.1. The van der Waals surface area contributed by atoms with Crippen LogP contribution in [0.25, 0.3) is 0 Å². The molecule has 4 nitrogen and oxygen atoms in total. The molecule has 0 fully saturated rings. The second-order valence-electron chi connectivity index (χ2n) is 16.1. The lowest BCUT2D eigenvalue weighted by atomic mass is 9.91. The first-order valence-electron chi connectivity index (χ1n) is 21.2. The summed E-state index contributed by atoms with van der Waals surface area (Å²) in [6.07, 6.45) is 39.4. The van der Waals surface area contributed by atoms with E-state index in [4.69, 9.17) is 9.05 Å². The maximum atomic E-state index is 13.9. The fourth-order valence-electron chi connectivity index (χ4n) is 6.71. The number of allylic oxidation sites excluding steroid dienone is 2. The van der Waals surface area contributed by atoms with Gasteiger partial charge in [0, 0.05) is 12.1 Å². The molecule has 0 aliphatic carbocycles.